The van der Waals surface area contributed by atoms with Crippen LogP contribution in [0.25, 0.3) is 0 Å². The van der Waals surface area contributed by atoms with Crippen LogP contribution in [0.2, 0.25) is 0 Å². The quantitative estimate of drug-likeness (QED) is 0.913. The molecule has 0 aliphatic carbocycles. The van der Waals surface area contributed by atoms with E-state index in [1.807, 2.05) is 54.9 Å². The first-order valence-corrected chi connectivity index (χ1v) is 6.82. The SMILES string of the molecule is CC(C)(C)OC(=O)N1CCCC1CNn1cccc1. The molecule has 0 bridgehead atoms. The second kappa shape index (κ2) is 5.55. The van der Waals surface area contributed by atoms with Gasteiger partial charge in [0.2, 0.25) is 0 Å². The molecule has 1 amide bonds. The van der Waals surface area contributed by atoms with Crippen LogP contribution >= 0.6 is 0 Å². The Bertz CT molecular complexity index is 409. The number of hydrogen-bond acceptors (Lipinski definition) is 3. The van der Waals surface area contributed by atoms with Crippen molar-refractivity contribution >= 4 is 6.09 Å². The predicted octanol–water partition coefficient (Wildman–Crippen LogP) is 2.43. The molecule has 1 aliphatic heterocycles. The molecule has 2 rings (SSSR count). The lowest BCUT2D eigenvalue weighted by Crippen LogP contribution is -2.43. The van der Waals surface area contributed by atoms with Crippen LogP contribution in [0.4, 0.5) is 4.79 Å². The van der Waals surface area contributed by atoms with Crippen molar-refractivity contribution in [1.82, 2.24) is 9.58 Å². The van der Waals surface area contributed by atoms with Crippen molar-refractivity contribution in [1.29, 1.82) is 0 Å². The molecule has 0 spiro atoms. The summed E-state index contributed by atoms with van der Waals surface area (Å²) in [5.41, 5.74) is 2.85. The van der Waals surface area contributed by atoms with Crippen LogP contribution in [0.3, 0.4) is 0 Å². The maximum atomic E-state index is 12.1. The molecule has 1 aromatic heterocycles. The second-order valence-electron chi connectivity index (χ2n) is 5.92. The van der Waals surface area contributed by atoms with Gasteiger partial charge in [-0.05, 0) is 45.7 Å². The zero-order valence-corrected chi connectivity index (χ0v) is 11.9. The number of ether oxygens (including phenoxy) is 1. The van der Waals surface area contributed by atoms with Gasteiger partial charge in [0.15, 0.2) is 0 Å². The van der Waals surface area contributed by atoms with Crippen molar-refractivity contribution in [2.24, 2.45) is 0 Å². The number of aromatic nitrogens is 1. The van der Waals surface area contributed by atoms with Crippen molar-refractivity contribution < 1.29 is 9.53 Å². The normalized spacial score (nSPS) is 19.5. The van der Waals surface area contributed by atoms with Crippen LogP contribution in [0.5, 0.6) is 0 Å². The molecule has 1 atom stereocenters. The average Bonchev–Trinajstić information content (AvgIpc) is 2.95. The lowest BCUT2D eigenvalue weighted by atomic mass is 10.2. The fraction of sp³-hybridized carbons (Fsp3) is 0.643. The van der Waals surface area contributed by atoms with Crippen molar-refractivity contribution in [3.63, 3.8) is 0 Å². The average molecular weight is 265 g/mol. The summed E-state index contributed by atoms with van der Waals surface area (Å²) < 4.78 is 7.35. The van der Waals surface area contributed by atoms with Gasteiger partial charge in [-0.3, -0.25) is 4.68 Å². The summed E-state index contributed by atoms with van der Waals surface area (Å²) in [5.74, 6) is 0. The van der Waals surface area contributed by atoms with Gasteiger partial charge >= 0.3 is 6.09 Å². The minimum atomic E-state index is -0.432. The van der Waals surface area contributed by atoms with E-state index in [4.69, 9.17) is 4.74 Å². The summed E-state index contributed by atoms with van der Waals surface area (Å²) >= 11 is 0. The third-order valence-corrected chi connectivity index (χ3v) is 3.12. The van der Waals surface area contributed by atoms with Gasteiger partial charge in [-0.25, -0.2) is 4.79 Å². The number of amides is 1. The molecule has 1 unspecified atom stereocenters. The number of nitrogens with one attached hydrogen (secondary N) is 1. The lowest BCUT2D eigenvalue weighted by Gasteiger charge is -2.29. The van der Waals surface area contributed by atoms with Gasteiger partial charge in [-0.2, -0.15) is 0 Å². The topological polar surface area (TPSA) is 46.5 Å². The van der Waals surface area contributed by atoms with Crippen LogP contribution in [0, 0.1) is 0 Å². The summed E-state index contributed by atoms with van der Waals surface area (Å²) in [6.07, 6.45) is 5.76. The van der Waals surface area contributed by atoms with E-state index in [0.717, 1.165) is 25.9 Å². The molecule has 0 radical (unpaired) electrons. The van der Waals surface area contributed by atoms with Gasteiger partial charge in [-0.1, -0.05) is 0 Å². The summed E-state index contributed by atoms with van der Waals surface area (Å²) in [6, 6.07) is 4.14. The van der Waals surface area contributed by atoms with Crippen LogP contribution < -0.4 is 5.43 Å². The maximum Gasteiger partial charge on any atom is 0.410 e. The highest BCUT2D eigenvalue weighted by Gasteiger charge is 2.31. The molecule has 0 saturated carbocycles. The summed E-state index contributed by atoms with van der Waals surface area (Å²) in [4.78, 5) is 13.9. The van der Waals surface area contributed by atoms with Crippen molar-refractivity contribution in [2.75, 3.05) is 18.5 Å². The Hall–Kier alpha value is -1.65. The molecular weight excluding hydrogens is 242 g/mol. The largest absolute Gasteiger partial charge is 0.444 e. The van der Waals surface area contributed by atoms with E-state index in [9.17, 15) is 4.79 Å². The summed E-state index contributed by atoms with van der Waals surface area (Å²) in [5, 5.41) is 0. The molecule has 1 saturated heterocycles. The molecule has 106 valence electrons. The summed E-state index contributed by atoms with van der Waals surface area (Å²) in [6.45, 7) is 7.22. The van der Waals surface area contributed by atoms with Crippen LogP contribution in [0.15, 0.2) is 24.5 Å². The van der Waals surface area contributed by atoms with Gasteiger partial charge in [0.25, 0.3) is 0 Å². The highest BCUT2D eigenvalue weighted by Crippen LogP contribution is 2.20. The van der Waals surface area contributed by atoms with Crippen molar-refractivity contribution in [3.05, 3.63) is 24.5 Å². The monoisotopic (exact) mass is 265 g/mol. The highest BCUT2D eigenvalue weighted by atomic mass is 16.6. The molecule has 1 N–H and O–H groups in total. The molecule has 19 heavy (non-hydrogen) atoms. The highest BCUT2D eigenvalue weighted by molar-refractivity contribution is 5.69. The van der Waals surface area contributed by atoms with Gasteiger partial charge in [0, 0.05) is 18.9 Å². The number of hydrogen-bond donors (Lipinski definition) is 1. The number of carbonyl (C=O) groups excluding carboxylic acids is 1. The van der Waals surface area contributed by atoms with Crippen molar-refractivity contribution in [2.45, 2.75) is 45.3 Å². The van der Waals surface area contributed by atoms with E-state index in [0.29, 0.717) is 0 Å². The smallest absolute Gasteiger partial charge is 0.410 e. The van der Waals surface area contributed by atoms with Crippen LogP contribution in [0.1, 0.15) is 33.6 Å². The first-order chi connectivity index (χ1) is 8.96. The second-order valence-corrected chi connectivity index (χ2v) is 5.92. The Kier molecular flexibility index (Phi) is 4.02. The Morgan fingerprint density at radius 2 is 2.05 bits per heavy atom. The first kappa shape index (κ1) is 13.8. The van der Waals surface area contributed by atoms with E-state index in [-0.39, 0.29) is 12.1 Å². The number of nitrogens with zero attached hydrogens (tertiary/aromatic N) is 2. The standard InChI is InChI=1S/C14H23N3O2/c1-14(2,3)19-13(18)17-10-6-7-12(17)11-15-16-8-4-5-9-16/h4-5,8-9,12,15H,6-7,10-11H2,1-3H3. The van der Waals surface area contributed by atoms with E-state index < -0.39 is 5.60 Å². The zero-order valence-electron chi connectivity index (χ0n) is 11.9. The fourth-order valence-electron chi connectivity index (χ4n) is 2.26. The lowest BCUT2D eigenvalue weighted by molar-refractivity contribution is 0.0233. The maximum absolute atomic E-state index is 12.1. The van der Waals surface area contributed by atoms with Gasteiger partial charge < -0.3 is 15.1 Å². The minimum absolute atomic E-state index is 0.204. The van der Waals surface area contributed by atoms with Crippen molar-refractivity contribution in [3.8, 4) is 0 Å². The number of carbonyl (C=O) groups is 1. The van der Waals surface area contributed by atoms with E-state index in [1.165, 1.54) is 0 Å². The molecule has 0 aromatic carbocycles. The molecule has 1 aliphatic rings. The third kappa shape index (κ3) is 3.91. The Morgan fingerprint density at radius 1 is 1.37 bits per heavy atom. The van der Waals surface area contributed by atoms with E-state index in [2.05, 4.69) is 5.43 Å². The van der Waals surface area contributed by atoms with E-state index >= 15 is 0 Å². The summed E-state index contributed by atoms with van der Waals surface area (Å²) in [7, 11) is 0. The molecular formula is C14H23N3O2. The number of likely N-dealkylation sites (tertiary alicyclic amines) is 1. The minimum Gasteiger partial charge on any atom is -0.444 e. The first-order valence-electron chi connectivity index (χ1n) is 6.82. The molecule has 5 heteroatoms. The Morgan fingerprint density at radius 3 is 2.68 bits per heavy atom. The number of rotatable bonds is 3. The fourth-order valence-corrected chi connectivity index (χ4v) is 2.26. The Balaban J connectivity index is 1.87. The zero-order chi connectivity index (χ0) is 13.9. The van der Waals surface area contributed by atoms with Gasteiger partial charge in [-0.15, -0.1) is 0 Å². The van der Waals surface area contributed by atoms with E-state index in [1.54, 1.807) is 0 Å². The molecule has 1 fully saturated rings. The van der Waals surface area contributed by atoms with Crippen LogP contribution in [-0.2, 0) is 4.74 Å². The molecule has 1 aromatic rings. The van der Waals surface area contributed by atoms with Gasteiger partial charge in [0.05, 0.1) is 12.6 Å². The third-order valence-electron chi connectivity index (χ3n) is 3.12. The predicted molar refractivity (Wildman–Crippen MR) is 74.6 cm³/mol. The molecule has 2 heterocycles. The Labute approximate surface area is 114 Å². The molecule has 5 nitrogen and oxygen atoms in total. The van der Waals surface area contributed by atoms with Crippen LogP contribution in [-0.4, -0.2) is 40.4 Å². The van der Waals surface area contributed by atoms with Gasteiger partial charge in [0.1, 0.15) is 5.60 Å².